The Bertz CT molecular complexity index is 1100. The minimum atomic E-state index is -5.67. The maximum Gasteiger partial charge on any atom is 0.218 e. The molecule has 0 unspecified atom stereocenters. The number of carboxylic acids is 1. The molecule has 212 valence electrons. The van der Waals surface area contributed by atoms with Crippen LogP contribution in [0.1, 0.15) is 0 Å². The fourth-order valence-corrected chi connectivity index (χ4v) is 4.57. The van der Waals surface area contributed by atoms with Crippen molar-refractivity contribution >= 4 is 37.1 Å². The van der Waals surface area contributed by atoms with Crippen LogP contribution in [0.4, 0.5) is 0 Å². The largest absolute Gasteiger partial charge is 0.735 e. The van der Waals surface area contributed by atoms with Crippen molar-refractivity contribution in [1.29, 1.82) is 0 Å². The van der Waals surface area contributed by atoms with Crippen LogP contribution in [-0.2, 0) is 58.5 Å². The van der Waals surface area contributed by atoms with Gasteiger partial charge in [0, 0.05) is 0 Å². The zero-order chi connectivity index (χ0) is 27.8. The summed E-state index contributed by atoms with van der Waals surface area (Å²) in [6.07, 6.45) is -22.0. The first-order valence-electron chi connectivity index (χ1n) is 9.07. The van der Waals surface area contributed by atoms with E-state index >= 15 is 0 Å². The summed E-state index contributed by atoms with van der Waals surface area (Å²) in [4.78, 5) is 11.4. The summed E-state index contributed by atoms with van der Waals surface area (Å²) in [7, 11) is -16.6. The maximum absolute atomic E-state index is 11.4. The fourth-order valence-electron chi connectivity index (χ4n) is 3.20. The Morgan fingerprint density at radius 3 is 1.92 bits per heavy atom. The third-order valence-electron chi connectivity index (χ3n) is 4.65. The first-order valence-corrected chi connectivity index (χ1v) is 13.1. The summed E-state index contributed by atoms with van der Waals surface area (Å²) in [5.41, 5.74) is 0. The molecule has 5 N–H and O–H groups in total. The molecule has 0 bridgehead atoms. The highest BCUT2D eigenvalue weighted by molar-refractivity contribution is 7.83. The molecule has 0 aliphatic carbocycles. The van der Waals surface area contributed by atoms with Crippen molar-refractivity contribution in [2.75, 3.05) is 6.61 Å². The van der Waals surface area contributed by atoms with Crippen molar-refractivity contribution in [3.63, 3.8) is 0 Å². The van der Waals surface area contributed by atoms with Crippen LogP contribution in [0.5, 0.6) is 0 Å². The van der Waals surface area contributed by atoms with E-state index in [0.29, 0.717) is 0 Å². The first kappa shape index (κ1) is 31.0. The molecule has 10 atom stereocenters. The van der Waals surface area contributed by atoms with Crippen LogP contribution in [0.25, 0.3) is 0 Å². The molecule has 24 heteroatoms. The number of carbonyl (C=O) groups is 1. The number of nitrogens with one attached hydrogen (secondary N) is 1. The second-order valence-corrected chi connectivity index (χ2v) is 10.3. The second-order valence-electron chi connectivity index (χ2n) is 7.14. The molecule has 0 aromatic carbocycles. The van der Waals surface area contributed by atoms with E-state index < -0.39 is 105 Å². The molecule has 2 saturated heterocycles. The van der Waals surface area contributed by atoms with E-state index in [4.69, 9.17) is 9.47 Å². The quantitative estimate of drug-likeness (QED) is 0.116. The normalized spacial score (nSPS) is 38.5. The predicted octanol–water partition coefficient (Wildman–Crippen LogP) is -8.61. The third-order valence-corrected chi connectivity index (χ3v) is 6.09. The highest BCUT2D eigenvalue weighted by Gasteiger charge is 2.52. The monoisotopic (exact) mass is 591 g/mol. The van der Waals surface area contributed by atoms with Gasteiger partial charge in [0.25, 0.3) is 0 Å². The Kier molecular flexibility index (Phi) is 9.71. The molecule has 2 aliphatic rings. The van der Waals surface area contributed by atoms with Gasteiger partial charge in [-0.1, -0.05) is 0 Å². The lowest BCUT2D eigenvalue weighted by molar-refractivity contribution is -0.362. The smallest absolute Gasteiger partial charge is 0.218 e. The van der Waals surface area contributed by atoms with Crippen molar-refractivity contribution in [1.82, 2.24) is 4.72 Å². The topological polar surface area (TPSA) is 351 Å². The molecule has 0 aromatic heterocycles. The van der Waals surface area contributed by atoms with Gasteiger partial charge in [0.1, 0.15) is 42.7 Å². The first-order chi connectivity index (χ1) is 16.2. The zero-order valence-corrected chi connectivity index (χ0v) is 19.5. The van der Waals surface area contributed by atoms with Gasteiger partial charge in [0.2, 0.25) is 20.8 Å². The number of aliphatic hydroxyl groups excluding tert-OH is 4. The average molecular weight is 591 g/mol. The number of hydrogen-bond donors (Lipinski definition) is 5. The fraction of sp³-hybridized carbons (Fsp3) is 0.917. The van der Waals surface area contributed by atoms with Crippen LogP contribution >= 0.6 is 0 Å². The van der Waals surface area contributed by atoms with Crippen molar-refractivity contribution in [2.45, 2.75) is 61.3 Å². The van der Waals surface area contributed by atoms with Crippen molar-refractivity contribution in [2.24, 2.45) is 0 Å². The molecule has 2 aliphatic heterocycles. The van der Waals surface area contributed by atoms with Gasteiger partial charge >= 0.3 is 0 Å². The van der Waals surface area contributed by atoms with Gasteiger partial charge in [0.05, 0.1) is 12.6 Å². The van der Waals surface area contributed by atoms with E-state index in [0.717, 1.165) is 0 Å². The molecule has 2 fully saturated rings. The molecular formula is C12H17NO20S3-4. The molecule has 2 heterocycles. The van der Waals surface area contributed by atoms with Gasteiger partial charge in [-0.05, 0) is 0 Å². The molecule has 0 saturated carbocycles. The lowest BCUT2D eigenvalue weighted by Crippen LogP contribution is -2.69. The summed E-state index contributed by atoms with van der Waals surface area (Å²) < 4.78 is 122. The summed E-state index contributed by atoms with van der Waals surface area (Å²) in [6.45, 7) is -1.34. The molecule has 0 spiro atoms. The van der Waals surface area contributed by atoms with Gasteiger partial charge in [-0.3, -0.25) is 8.37 Å². The minimum Gasteiger partial charge on any atom is -0.735 e. The van der Waals surface area contributed by atoms with Crippen LogP contribution in [0.2, 0.25) is 0 Å². The number of ether oxygens (including phenoxy) is 3. The van der Waals surface area contributed by atoms with Gasteiger partial charge in [-0.2, -0.15) is 0 Å². The standard InChI is InChI=1S/C12H21NO20S3/c14-4-2(1-29-35(23,24)25)30-12(3(5(4)15)13-34(20,21)22)32-7-6(16)8(33-36(26,27)28)11(19)31-9(7)10(17)18/h2-9,11-16,19H,1H2,(H,17,18)(H,20,21,22)(H,23,24,25)(H,26,27,28)/p-4/t2-,3-,4-,5-,6+,7+,8-,9-,11-,12-/m1/s1. The zero-order valence-electron chi connectivity index (χ0n) is 17.0. The molecule has 2 rings (SSSR count). The van der Waals surface area contributed by atoms with E-state index in [1.165, 1.54) is 4.72 Å². The van der Waals surface area contributed by atoms with Crippen molar-refractivity contribution < 1.29 is 91.8 Å². The lowest BCUT2D eigenvalue weighted by Gasteiger charge is -2.47. The number of aliphatic hydroxyl groups is 4. The van der Waals surface area contributed by atoms with Crippen LogP contribution in [0.3, 0.4) is 0 Å². The summed E-state index contributed by atoms with van der Waals surface area (Å²) in [6, 6.07) is -2.34. The number of carbonyl (C=O) groups excluding carboxylic acids is 1. The molecule has 0 radical (unpaired) electrons. The van der Waals surface area contributed by atoms with Crippen molar-refractivity contribution in [3.8, 4) is 0 Å². The molecule has 21 nitrogen and oxygen atoms in total. The van der Waals surface area contributed by atoms with E-state index in [1.54, 1.807) is 0 Å². The predicted molar refractivity (Wildman–Crippen MR) is 94.3 cm³/mol. The Labute approximate surface area is 201 Å². The Hall–Kier alpha value is -1.20. The highest BCUT2D eigenvalue weighted by Crippen LogP contribution is 2.30. The summed E-state index contributed by atoms with van der Waals surface area (Å²) in [5.74, 6) is -2.25. The summed E-state index contributed by atoms with van der Waals surface area (Å²) >= 11 is 0. The number of aliphatic carboxylic acids is 1. The average Bonchev–Trinajstić information content (AvgIpc) is 2.68. The molecule has 0 aromatic rings. The molecule has 36 heavy (non-hydrogen) atoms. The SMILES string of the molecule is O=C([O-])[C@@H]1O[C@@H](O)[C@H](OS(=O)(=O)[O-])[C@@H](O)[C@@H]1O[C@H]1O[C@H](COS(=O)(=O)[O-])[C@@H](O)[C@H](O)[C@H]1NS(=O)(=O)[O-]. The molecular weight excluding hydrogens is 574 g/mol. The molecule has 0 amide bonds. The summed E-state index contributed by atoms with van der Waals surface area (Å²) in [5, 5.41) is 51.7. The van der Waals surface area contributed by atoms with Gasteiger partial charge < -0.3 is 58.2 Å². The number of rotatable bonds is 10. The van der Waals surface area contributed by atoms with E-state index in [-0.39, 0.29) is 0 Å². The minimum absolute atomic E-state index is 1.21. The van der Waals surface area contributed by atoms with Gasteiger partial charge in [-0.25, -0.2) is 30.0 Å². The van der Waals surface area contributed by atoms with Crippen LogP contribution < -0.4 is 9.83 Å². The van der Waals surface area contributed by atoms with E-state index in [9.17, 15) is 69.2 Å². The third kappa shape index (κ3) is 8.41. The van der Waals surface area contributed by atoms with Gasteiger partial charge in [0.15, 0.2) is 29.0 Å². The Morgan fingerprint density at radius 1 is 0.861 bits per heavy atom. The van der Waals surface area contributed by atoms with Crippen LogP contribution in [-0.4, -0.2) is 133 Å². The van der Waals surface area contributed by atoms with Crippen molar-refractivity contribution in [3.05, 3.63) is 0 Å². The highest BCUT2D eigenvalue weighted by atomic mass is 32.3. The Balaban J connectivity index is 2.43. The van der Waals surface area contributed by atoms with Crippen LogP contribution in [0, 0.1) is 0 Å². The maximum atomic E-state index is 11.4. The lowest BCUT2D eigenvalue weighted by atomic mass is 9.96. The van der Waals surface area contributed by atoms with Gasteiger partial charge in [-0.15, -0.1) is 0 Å². The number of carboxylic acid groups (broad SMARTS) is 1. The second kappa shape index (κ2) is 11.3. The Morgan fingerprint density at radius 2 is 1.44 bits per heavy atom. The number of hydrogen-bond acceptors (Lipinski definition) is 20. The van der Waals surface area contributed by atoms with E-state index in [2.05, 4.69) is 13.1 Å². The van der Waals surface area contributed by atoms with E-state index in [1.807, 2.05) is 0 Å². The van der Waals surface area contributed by atoms with Crippen LogP contribution in [0.15, 0.2) is 0 Å².